The smallest absolute Gasteiger partial charge is 0.305 e. The van der Waals surface area contributed by atoms with Gasteiger partial charge in [-0.15, -0.1) is 0 Å². The normalized spacial score (nSPS) is 25.2. The first-order chi connectivity index (χ1) is 10.8. The monoisotopic (exact) mass is 414 g/mol. The number of carboxylic acid groups (broad SMARTS) is 1. The molecule has 2 aliphatic heterocycles. The fourth-order valence-corrected chi connectivity index (χ4v) is 2.92. The first-order valence-electron chi connectivity index (χ1n) is 7.68. The maximum atomic E-state index is 12.4. The van der Waals surface area contributed by atoms with Crippen molar-refractivity contribution in [3.8, 4) is 0 Å². The zero-order valence-corrected chi connectivity index (χ0v) is 16.4. The fourth-order valence-electron chi connectivity index (χ4n) is 2.92. The van der Waals surface area contributed by atoms with E-state index in [0.717, 1.165) is 5.01 Å². The van der Waals surface area contributed by atoms with E-state index in [1.807, 2.05) is 0 Å². The third-order valence-electron chi connectivity index (χ3n) is 4.03. The number of carbonyl (C=O) groups is 4. The molecular weight excluding hydrogens is 393 g/mol. The molecule has 0 aromatic rings. The molecule has 2 rings (SSSR count). The van der Waals surface area contributed by atoms with Crippen molar-refractivity contribution in [2.75, 3.05) is 6.54 Å². The van der Waals surface area contributed by atoms with Gasteiger partial charge in [0.15, 0.2) is 0 Å². The number of carboxylic acids is 1. The Morgan fingerprint density at radius 1 is 1.38 bits per heavy atom. The Morgan fingerprint density at radius 2 is 2.04 bits per heavy atom. The number of nitrogens with zero attached hydrogens (tertiary/aromatic N) is 2. The van der Waals surface area contributed by atoms with Gasteiger partial charge in [-0.3, -0.25) is 24.2 Å². The standard InChI is InChI=1S/C14H21N4O5.Y/c1-8(7-12(20)21)16-13(22)10-3-2-6-17-11(19)5-4-9(15)14(23)18(10)17;/h8-10,15H,2-7H2,1H3,(H,16,22)(H,20,21);/q-1;. The van der Waals surface area contributed by atoms with E-state index in [-0.39, 0.29) is 57.9 Å². The van der Waals surface area contributed by atoms with Crippen LogP contribution in [0, 0.1) is 0 Å². The van der Waals surface area contributed by atoms with Crippen molar-refractivity contribution >= 4 is 23.7 Å². The molecule has 2 aliphatic rings. The van der Waals surface area contributed by atoms with Crippen LogP contribution in [0.25, 0.3) is 5.73 Å². The van der Waals surface area contributed by atoms with Gasteiger partial charge >= 0.3 is 5.97 Å². The summed E-state index contributed by atoms with van der Waals surface area (Å²) in [7, 11) is 0. The molecule has 24 heavy (non-hydrogen) atoms. The van der Waals surface area contributed by atoms with Crippen LogP contribution in [0.15, 0.2) is 0 Å². The van der Waals surface area contributed by atoms with E-state index in [9.17, 15) is 19.2 Å². The SMILES string of the molecule is CC(CC(=O)O)NC(=O)C1CCCN2C(=O)CCC([NH-])C(=O)N12.[Y]. The van der Waals surface area contributed by atoms with Gasteiger partial charge in [0.1, 0.15) is 6.04 Å². The van der Waals surface area contributed by atoms with Gasteiger partial charge in [-0.05, 0) is 19.8 Å². The van der Waals surface area contributed by atoms with Crippen LogP contribution in [-0.2, 0) is 51.9 Å². The Bertz CT molecular complexity index is 529. The molecule has 9 nitrogen and oxygen atoms in total. The number of hydrogen-bond acceptors (Lipinski definition) is 4. The van der Waals surface area contributed by atoms with E-state index in [0.29, 0.717) is 19.4 Å². The summed E-state index contributed by atoms with van der Waals surface area (Å²) in [4.78, 5) is 47.6. The quantitative estimate of drug-likeness (QED) is 0.664. The molecule has 0 aromatic heterocycles. The molecule has 2 heterocycles. The maximum Gasteiger partial charge on any atom is 0.305 e. The van der Waals surface area contributed by atoms with Crippen LogP contribution in [0.2, 0.25) is 0 Å². The first-order valence-corrected chi connectivity index (χ1v) is 7.68. The predicted octanol–water partition coefficient (Wildman–Crippen LogP) is -0.0875. The third-order valence-corrected chi connectivity index (χ3v) is 4.03. The third kappa shape index (κ3) is 4.74. The second-order valence-corrected chi connectivity index (χ2v) is 5.96. The van der Waals surface area contributed by atoms with E-state index in [1.54, 1.807) is 6.92 Å². The van der Waals surface area contributed by atoms with Gasteiger partial charge in [0.05, 0.1) is 6.42 Å². The van der Waals surface area contributed by atoms with E-state index >= 15 is 0 Å². The minimum atomic E-state index is -1.06. The second kappa shape index (κ2) is 8.87. The molecule has 3 N–H and O–H groups in total. The molecule has 131 valence electrons. The van der Waals surface area contributed by atoms with Crippen molar-refractivity contribution in [3.05, 3.63) is 5.73 Å². The van der Waals surface area contributed by atoms with Crippen molar-refractivity contribution in [1.29, 1.82) is 0 Å². The number of carbonyl (C=O) groups excluding carboxylic acids is 3. The molecule has 0 aliphatic carbocycles. The zero-order valence-electron chi connectivity index (χ0n) is 13.5. The summed E-state index contributed by atoms with van der Waals surface area (Å²) in [5.74, 6) is -2.33. The van der Waals surface area contributed by atoms with Crippen molar-refractivity contribution in [3.63, 3.8) is 0 Å². The Kier molecular flexibility index (Phi) is 7.76. The predicted molar refractivity (Wildman–Crippen MR) is 78.8 cm³/mol. The Balaban J connectivity index is 0.00000288. The Hall–Kier alpha value is -1.06. The van der Waals surface area contributed by atoms with Crippen LogP contribution >= 0.6 is 0 Å². The van der Waals surface area contributed by atoms with Crippen molar-refractivity contribution in [2.24, 2.45) is 0 Å². The second-order valence-electron chi connectivity index (χ2n) is 5.96. The van der Waals surface area contributed by atoms with Gasteiger partial charge in [0, 0.05) is 51.7 Å². The molecule has 0 spiro atoms. The Labute approximate surface area is 165 Å². The summed E-state index contributed by atoms with van der Waals surface area (Å²) < 4.78 is 0. The average Bonchev–Trinajstić information content (AvgIpc) is 2.59. The van der Waals surface area contributed by atoms with Crippen molar-refractivity contribution in [1.82, 2.24) is 15.3 Å². The molecule has 3 atom stereocenters. The van der Waals surface area contributed by atoms with Crippen molar-refractivity contribution < 1.29 is 57.0 Å². The van der Waals surface area contributed by atoms with Gasteiger partial charge in [-0.2, -0.15) is 0 Å². The maximum absolute atomic E-state index is 12.4. The Morgan fingerprint density at radius 3 is 2.67 bits per heavy atom. The molecule has 3 unspecified atom stereocenters. The topological polar surface area (TPSA) is 131 Å². The number of amides is 3. The van der Waals surface area contributed by atoms with Crippen LogP contribution in [-0.4, -0.2) is 63.5 Å². The number of nitrogens with one attached hydrogen (secondary N) is 2. The van der Waals surface area contributed by atoms with Crippen molar-refractivity contribution in [2.45, 2.75) is 57.2 Å². The van der Waals surface area contributed by atoms with Crippen LogP contribution in [0.1, 0.15) is 39.0 Å². The van der Waals surface area contributed by atoms with Crippen LogP contribution < -0.4 is 5.32 Å². The summed E-state index contributed by atoms with van der Waals surface area (Å²) in [6, 6.07) is -2.52. The van der Waals surface area contributed by atoms with Gasteiger partial charge in [-0.25, -0.2) is 5.01 Å². The molecule has 3 amide bonds. The van der Waals surface area contributed by atoms with Gasteiger partial charge < -0.3 is 16.2 Å². The van der Waals surface area contributed by atoms with Gasteiger partial charge in [0.2, 0.25) is 17.7 Å². The zero-order chi connectivity index (χ0) is 17.1. The van der Waals surface area contributed by atoms with E-state index < -0.39 is 35.9 Å². The average molecular weight is 414 g/mol. The molecule has 0 saturated carbocycles. The summed E-state index contributed by atoms with van der Waals surface area (Å²) in [6.45, 7) is 1.92. The minimum Gasteiger partial charge on any atom is -0.667 e. The van der Waals surface area contributed by atoms with E-state index in [4.69, 9.17) is 10.8 Å². The van der Waals surface area contributed by atoms with Crippen LogP contribution in [0.5, 0.6) is 0 Å². The molecule has 2 saturated heterocycles. The van der Waals surface area contributed by atoms with Gasteiger partial charge in [-0.1, -0.05) is 12.5 Å². The number of fused-ring (bicyclic) bond motifs is 1. The summed E-state index contributed by atoms with van der Waals surface area (Å²) in [5, 5.41) is 13.7. The number of hydrazine groups is 1. The largest absolute Gasteiger partial charge is 0.667 e. The number of hydrogen-bond donors (Lipinski definition) is 2. The summed E-state index contributed by atoms with van der Waals surface area (Å²) in [5.41, 5.74) is 7.82. The molecular formula is C14H21N4O5Y-. The molecule has 0 aromatic carbocycles. The summed E-state index contributed by atoms with van der Waals surface area (Å²) >= 11 is 0. The van der Waals surface area contributed by atoms with E-state index in [1.165, 1.54) is 5.01 Å². The molecule has 2 fully saturated rings. The summed E-state index contributed by atoms with van der Waals surface area (Å²) in [6.07, 6.45) is 0.988. The molecule has 10 heteroatoms. The minimum absolute atomic E-state index is 0. The van der Waals surface area contributed by atoms with Gasteiger partial charge in [0.25, 0.3) is 0 Å². The first kappa shape index (κ1) is 21.0. The molecule has 0 bridgehead atoms. The van der Waals surface area contributed by atoms with E-state index in [2.05, 4.69) is 5.32 Å². The van der Waals surface area contributed by atoms with Crippen LogP contribution in [0.3, 0.4) is 0 Å². The molecule has 1 radical (unpaired) electrons. The number of aliphatic carboxylic acids is 1. The fraction of sp³-hybridized carbons (Fsp3) is 0.714. The van der Waals surface area contributed by atoms with Crippen LogP contribution in [0.4, 0.5) is 0 Å². The number of rotatable bonds is 4.